The van der Waals surface area contributed by atoms with Gasteiger partial charge in [-0.25, -0.2) is 0 Å². The largest absolute Gasteiger partial charge is 0.143 e. The van der Waals surface area contributed by atoms with E-state index in [1.807, 2.05) is 22.7 Å². The molecule has 0 aliphatic heterocycles. The van der Waals surface area contributed by atoms with Gasteiger partial charge in [0.25, 0.3) is 0 Å². The topological polar surface area (TPSA) is 0 Å². The molecule has 0 nitrogen and oxygen atoms in total. The number of thiophene rings is 2. The Morgan fingerprint density at radius 3 is 1.64 bits per heavy atom. The normalized spacial score (nSPS) is 12.3. The summed E-state index contributed by atoms with van der Waals surface area (Å²) in [6, 6.07) is 8.94. The van der Waals surface area contributed by atoms with Gasteiger partial charge in [-0.2, -0.15) is 0 Å². The summed E-state index contributed by atoms with van der Waals surface area (Å²) < 4.78 is 2.83. The van der Waals surface area contributed by atoms with Crippen molar-refractivity contribution >= 4 is 53.6 Å². The molecule has 0 saturated carbocycles. The molecule has 2 aromatic carbocycles. The van der Waals surface area contributed by atoms with Gasteiger partial charge in [-0.15, -0.1) is 22.7 Å². The van der Waals surface area contributed by atoms with E-state index in [0.29, 0.717) is 0 Å². The van der Waals surface area contributed by atoms with Gasteiger partial charge in [0.05, 0.1) is 0 Å². The van der Waals surface area contributed by atoms with E-state index >= 15 is 0 Å². The molecule has 2 heterocycles. The molecular formula is C12H6S2. The van der Waals surface area contributed by atoms with Crippen molar-refractivity contribution in [3.8, 4) is 0 Å². The number of hydrogen-bond acceptors (Lipinski definition) is 2. The minimum atomic E-state index is 1.39. The quantitative estimate of drug-likeness (QED) is 0.398. The molecule has 0 aliphatic carbocycles. The zero-order valence-corrected chi connectivity index (χ0v) is 8.91. The third-order valence-corrected chi connectivity index (χ3v) is 4.71. The van der Waals surface area contributed by atoms with Crippen LogP contribution in [0, 0.1) is 0 Å². The molecule has 2 aromatic heterocycles. The van der Waals surface area contributed by atoms with Gasteiger partial charge < -0.3 is 0 Å². The fourth-order valence-corrected chi connectivity index (χ4v) is 4.00. The van der Waals surface area contributed by atoms with Crippen LogP contribution in [0.1, 0.15) is 0 Å². The lowest BCUT2D eigenvalue weighted by Gasteiger charge is -1.97. The minimum absolute atomic E-state index is 1.39. The van der Waals surface area contributed by atoms with E-state index in [0.717, 1.165) is 0 Å². The van der Waals surface area contributed by atoms with Crippen LogP contribution in [0.2, 0.25) is 0 Å². The molecule has 0 atom stereocenters. The summed E-state index contributed by atoms with van der Waals surface area (Å²) in [5.74, 6) is 0. The van der Waals surface area contributed by atoms with Gasteiger partial charge in [-0.3, -0.25) is 0 Å². The van der Waals surface area contributed by atoms with E-state index in [9.17, 15) is 0 Å². The van der Waals surface area contributed by atoms with Crippen LogP contribution in [0.3, 0.4) is 0 Å². The molecule has 0 fully saturated rings. The Hall–Kier alpha value is -1.12. The first-order valence-electron chi connectivity index (χ1n) is 4.53. The maximum Gasteiger partial charge on any atom is 0.0355 e. The summed E-state index contributed by atoms with van der Waals surface area (Å²) in [7, 11) is 0. The molecule has 0 spiro atoms. The summed E-state index contributed by atoms with van der Waals surface area (Å²) in [5.41, 5.74) is 0. The molecule has 4 aromatic rings. The van der Waals surface area contributed by atoms with Crippen molar-refractivity contribution in [2.24, 2.45) is 0 Å². The lowest BCUT2D eigenvalue weighted by molar-refractivity contribution is 1.99. The van der Waals surface area contributed by atoms with Crippen molar-refractivity contribution in [1.82, 2.24) is 0 Å². The Morgan fingerprint density at radius 2 is 1.14 bits per heavy atom. The van der Waals surface area contributed by atoms with Crippen LogP contribution < -0.4 is 0 Å². The first kappa shape index (κ1) is 7.21. The summed E-state index contributed by atoms with van der Waals surface area (Å²) in [5, 5.41) is 10.2. The smallest absolute Gasteiger partial charge is 0.0355 e. The average Bonchev–Trinajstić information content (AvgIpc) is 2.77. The highest BCUT2D eigenvalue weighted by Gasteiger charge is 2.09. The van der Waals surface area contributed by atoms with Gasteiger partial charge in [0, 0.05) is 20.2 Å². The fourth-order valence-electron chi connectivity index (χ4n) is 2.13. The molecule has 2 heteroatoms. The Bertz CT molecular complexity index is 607. The van der Waals surface area contributed by atoms with Gasteiger partial charge in [0.2, 0.25) is 0 Å². The van der Waals surface area contributed by atoms with Gasteiger partial charge >= 0.3 is 0 Å². The maximum absolute atomic E-state index is 2.25. The highest BCUT2D eigenvalue weighted by Crippen LogP contribution is 2.40. The van der Waals surface area contributed by atoms with Gasteiger partial charge in [0.1, 0.15) is 0 Å². The highest BCUT2D eigenvalue weighted by atomic mass is 32.1. The summed E-state index contributed by atoms with van der Waals surface area (Å²) >= 11 is 3.69. The van der Waals surface area contributed by atoms with E-state index < -0.39 is 0 Å². The second-order valence-corrected chi connectivity index (χ2v) is 5.35. The summed E-state index contributed by atoms with van der Waals surface area (Å²) in [6.07, 6.45) is 0. The molecule has 0 aliphatic rings. The molecule has 0 amide bonds. The molecular weight excluding hydrogens is 208 g/mol. The van der Waals surface area contributed by atoms with Gasteiger partial charge in [-0.05, 0) is 33.7 Å². The van der Waals surface area contributed by atoms with Crippen LogP contribution in [-0.2, 0) is 0 Å². The third-order valence-electron chi connectivity index (χ3n) is 2.77. The Labute approximate surface area is 88.7 Å². The van der Waals surface area contributed by atoms with Crippen molar-refractivity contribution in [3.63, 3.8) is 0 Å². The highest BCUT2D eigenvalue weighted by molar-refractivity contribution is 7.20. The number of benzene rings is 2. The van der Waals surface area contributed by atoms with Crippen LogP contribution in [0.4, 0.5) is 0 Å². The SMILES string of the molecule is c1cc2scc3ccc4scc1c4c32. The third kappa shape index (κ3) is 0.703. The molecule has 0 bridgehead atoms. The van der Waals surface area contributed by atoms with Crippen LogP contribution in [0.5, 0.6) is 0 Å². The lowest BCUT2D eigenvalue weighted by Crippen LogP contribution is -1.70. The average molecular weight is 214 g/mol. The number of rotatable bonds is 0. The van der Waals surface area contributed by atoms with Crippen molar-refractivity contribution in [2.75, 3.05) is 0 Å². The summed E-state index contributed by atoms with van der Waals surface area (Å²) in [6.45, 7) is 0. The van der Waals surface area contributed by atoms with Crippen LogP contribution in [-0.4, -0.2) is 0 Å². The molecule has 0 saturated heterocycles. The van der Waals surface area contributed by atoms with Gasteiger partial charge in [-0.1, -0.05) is 12.1 Å². The van der Waals surface area contributed by atoms with Crippen molar-refractivity contribution in [3.05, 3.63) is 35.0 Å². The number of hydrogen-bond donors (Lipinski definition) is 0. The van der Waals surface area contributed by atoms with Gasteiger partial charge in [0.15, 0.2) is 0 Å². The van der Waals surface area contributed by atoms with Crippen molar-refractivity contribution in [1.29, 1.82) is 0 Å². The van der Waals surface area contributed by atoms with E-state index in [2.05, 4.69) is 35.0 Å². The van der Waals surface area contributed by atoms with Crippen LogP contribution >= 0.6 is 22.7 Å². The molecule has 0 radical (unpaired) electrons. The predicted octanol–water partition coefficient (Wildman–Crippen LogP) is 4.71. The van der Waals surface area contributed by atoms with E-state index in [1.54, 1.807) is 0 Å². The Morgan fingerprint density at radius 1 is 0.643 bits per heavy atom. The Kier molecular flexibility index (Phi) is 1.17. The Balaban J connectivity index is 2.59. The van der Waals surface area contributed by atoms with E-state index in [-0.39, 0.29) is 0 Å². The monoisotopic (exact) mass is 214 g/mol. The second-order valence-electron chi connectivity index (χ2n) is 3.53. The molecule has 14 heavy (non-hydrogen) atoms. The van der Waals surface area contributed by atoms with E-state index in [1.165, 1.54) is 30.9 Å². The molecule has 0 N–H and O–H groups in total. The molecule has 4 rings (SSSR count). The molecule has 0 unspecified atom stereocenters. The molecule has 66 valence electrons. The zero-order valence-electron chi connectivity index (χ0n) is 7.28. The maximum atomic E-state index is 2.25. The first-order chi connectivity index (χ1) is 6.93. The zero-order chi connectivity index (χ0) is 9.12. The van der Waals surface area contributed by atoms with Crippen molar-refractivity contribution in [2.45, 2.75) is 0 Å². The first-order valence-corrected chi connectivity index (χ1v) is 6.29. The lowest BCUT2D eigenvalue weighted by atomic mass is 10.1. The van der Waals surface area contributed by atoms with Crippen LogP contribution in [0.15, 0.2) is 35.0 Å². The fraction of sp³-hybridized carbons (Fsp3) is 0. The van der Waals surface area contributed by atoms with E-state index in [4.69, 9.17) is 0 Å². The van der Waals surface area contributed by atoms with Crippen molar-refractivity contribution < 1.29 is 0 Å². The minimum Gasteiger partial charge on any atom is -0.143 e. The summed E-state index contributed by atoms with van der Waals surface area (Å²) in [4.78, 5) is 0. The standard InChI is InChI=1S/C12H6S2/c1-3-9-12-8(6-14-9)2-4-10-11(12)7(1)5-13-10/h1-6H. The second kappa shape index (κ2) is 2.27. The van der Waals surface area contributed by atoms with Crippen LogP contribution in [0.25, 0.3) is 30.9 Å². The predicted molar refractivity (Wildman–Crippen MR) is 65.9 cm³/mol.